The van der Waals surface area contributed by atoms with Crippen LogP contribution in [0.3, 0.4) is 0 Å². The van der Waals surface area contributed by atoms with Crippen LogP contribution < -0.4 is 5.56 Å². The van der Waals surface area contributed by atoms with Gasteiger partial charge in [-0.25, -0.2) is 18.7 Å². The molecule has 156 valence electrons. The van der Waals surface area contributed by atoms with E-state index in [1.165, 1.54) is 42.4 Å². The SMILES string of the molecule is O=c1nc(SCc2ccc(F)cc2)n(Cc2ccc(F)cc2)cc1Cc1cncnc1. The molecule has 8 heteroatoms. The second-order valence-corrected chi connectivity index (χ2v) is 7.89. The van der Waals surface area contributed by atoms with Gasteiger partial charge in [-0.15, -0.1) is 0 Å². The Morgan fingerprint density at radius 2 is 1.45 bits per heavy atom. The lowest BCUT2D eigenvalue weighted by Crippen LogP contribution is -2.20. The topological polar surface area (TPSA) is 60.7 Å². The van der Waals surface area contributed by atoms with Gasteiger partial charge in [0, 0.05) is 42.9 Å². The van der Waals surface area contributed by atoms with Gasteiger partial charge in [-0.1, -0.05) is 36.0 Å². The number of thioether (sulfide) groups is 1. The van der Waals surface area contributed by atoms with E-state index in [1.807, 2.05) is 4.57 Å². The van der Waals surface area contributed by atoms with Gasteiger partial charge < -0.3 is 4.57 Å². The highest BCUT2D eigenvalue weighted by Crippen LogP contribution is 2.22. The van der Waals surface area contributed by atoms with Crippen molar-refractivity contribution in [1.29, 1.82) is 0 Å². The predicted octanol–water partition coefficient (Wildman–Crippen LogP) is 4.24. The predicted molar refractivity (Wildman–Crippen MR) is 115 cm³/mol. The van der Waals surface area contributed by atoms with Gasteiger partial charge >= 0.3 is 0 Å². The van der Waals surface area contributed by atoms with Crippen LogP contribution in [0.4, 0.5) is 8.78 Å². The maximum Gasteiger partial charge on any atom is 0.277 e. The standard InChI is InChI=1S/C23H18F2N4OS/c24-20-5-1-16(2-6-20)12-29-13-19(9-18-10-26-15-27-11-18)22(30)28-23(29)31-14-17-3-7-21(25)8-4-17/h1-8,10-11,13,15H,9,12,14H2. The summed E-state index contributed by atoms with van der Waals surface area (Å²) < 4.78 is 28.3. The molecule has 0 aliphatic carbocycles. The Labute approximate surface area is 181 Å². The first-order chi connectivity index (χ1) is 15.1. The van der Waals surface area contributed by atoms with Gasteiger partial charge in [0.2, 0.25) is 0 Å². The van der Waals surface area contributed by atoms with Crippen LogP contribution in [0.15, 0.2) is 83.4 Å². The minimum atomic E-state index is -0.319. The van der Waals surface area contributed by atoms with Gasteiger partial charge in [-0.05, 0) is 41.0 Å². The molecule has 0 N–H and O–H groups in total. The molecule has 0 bridgehead atoms. The highest BCUT2D eigenvalue weighted by molar-refractivity contribution is 7.98. The number of aromatic nitrogens is 4. The Morgan fingerprint density at radius 1 is 0.839 bits per heavy atom. The van der Waals surface area contributed by atoms with Gasteiger partial charge in [-0.3, -0.25) is 4.79 Å². The largest absolute Gasteiger partial charge is 0.323 e. The lowest BCUT2D eigenvalue weighted by atomic mass is 10.1. The molecule has 0 unspecified atom stereocenters. The third kappa shape index (κ3) is 5.61. The fourth-order valence-electron chi connectivity index (χ4n) is 3.03. The van der Waals surface area contributed by atoms with Crippen molar-refractivity contribution in [2.24, 2.45) is 0 Å². The number of nitrogens with zero attached hydrogens (tertiary/aromatic N) is 4. The van der Waals surface area contributed by atoms with Gasteiger partial charge in [0.25, 0.3) is 5.56 Å². The van der Waals surface area contributed by atoms with Crippen molar-refractivity contribution in [3.8, 4) is 0 Å². The van der Waals surface area contributed by atoms with Crippen LogP contribution in [-0.4, -0.2) is 19.5 Å². The normalized spacial score (nSPS) is 10.9. The second-order valence-electron chi connectivity index (χ2n) is 6.95. The Morgan fingerprint density at radius 3 is 2.10 bits per heavy atom. The van der Waals surface area contributed by atoms with Crippen LogP contribution in [0.25, 0.3) is 0 Å². The first kappa shape index (κ1) is 20.9. The molecule has 0 radical (unpaired) electrons. The van der Waals surface area contributed by atoms with Crippen LogP contribution in [0.2, 0.25) is 0 Å². The summed E-state index contributed by atoms with van der Waals surface area (Å²) in [5, 5.41) is 0.534. The van der Waals surface area contributed by atoms with E-state index >= 15 is 0 Å². The van der Waals surface area contributed by atoms with E-state index in [9.17, 15) is 13.6 Å². The summed E-state index contributed by atoms with van der Waals surface area (Å²) in [6.07, 6.45) is 6.89. The molecule has 5 nitrogen and oxygen atoms in total. The molecule has 2 aromatic carbocycles. The molecule has 4 aromatic rings. The summed E-state index contributed by atoms with van der Waals surface area (Å²) >= 11 is 1.39. The summed E-state index contributed by atoms with van der Waals surface area (Å²) in [4.78, 5) is 24.9. The molecule has 4 rings (SSSR count). The van der Waals surface area contributed by atoms with Crippen molar-refractivity contribution in [3.05, 3.63) is 118 Å². The summed E-state index contributed by atoms with van der Waals surface area (Å²) in [5.41, 5.74) is 2.80. The summed E-state index contributed by atoms with van der Waals surface area (Å²) in [7, 11) is 0. The zero-order valence-electron chi connectivity index (χ0n) is 16.4. The van der Waals surface area contributed by atoms with Crippen molar-refractivity contribution in [2.45, 2.75) is 23.9 Å². The minimum absolute atomic E-state index is 0.297. The van der Waals surface area contributed by atoms with E-state index in [-0.39, 0.29) is 17.2 Å². The number of hydrogen-bond acceptors (Lipinski definition) is 5. The van der Waals surface area contributed by atoms with Crippen molar-refractivity contribution >= 4 is 11.8 Å². The van der Waals surface area contributed by atoms with E-state index in [1.54, 1.807) is 42.9 Å². The molecule has 0 atom stereocenters. The second kappa shape index (κ2) is 9.61. The highest BCUT2D eigenvalue weighted by Gasteiger charge is 2.12. The van der Waals surface area contributed by atoms with Crippen molar-refractivity contribution in [2.75, 3.05) is 0 Å². The molecule has 0 spiro atoms. The van der Waals surface area contributed by atoms with Crippen molar-refractivity contribution < 1.29 is 8.78 Å². The van der Waals surface area contributed by atoms with Crippen LogP contribution in [0.1, 0.15) is 22.3 Å². The molecule has 2 heterocycles. The van der Waals surface area contributed by atoms with Crippen molar-refractivity contribution in [1.82, 2.24) is 19.5 Å². The molecule has 0 saturated carbocycles. The van der Waals surface area contributed by atoms with E-state index in [2.05, 4.69) is 15.0 Å². The molecule has 0 aliphatic rings. The van der Waals surface area contributed by atoms with Crippen molar-refractivity contribution in [3.63, 3.8) is 0 Å². The van der Waals surface area contributed by atoms with Crippen LogP contribution in [0.5, 0.6) is 0 Å². The number of rotatable bonds is 7. The maximum absolute atomic E-state index is 13.3. The van der Waals surface area contributed by atoms with Crippen LogP contribution in [0, 0.1) is 11.6 Å². The molecule has 31 heavy (non-hydrogen) atoms. The zero-order chi connectivity index (χ0) is 21.6. The summed E-state index contributed by atoms with van der Waals surface area (Å²) in [6, 6.07) is 12.4. The van der Waals surface area contributed by atoms with Crippen LogP contribution in [-0.2, 0) is 18.7 Å². The fourth-order valence-corrected chi connectivity index (χ4v) is 3.95. The Kier molecular flexibility index (Phi) is 6.47. The smallest absolute Gasteiger partial charge is 0.277 e. The molecular weight excluding hydrogens is 418 g/mol. The van der Waals surface area contributed by atoms with Gasteiger partial charge in [0.1, 0.15) is 18.0 Å². The number of hydrogen-bond donors (Lipinski definition) is 0. The third-order valence-corrected chi connectivity index (χ3v) is 5.65. The summed E-state index contributed by atoms with van der Waals surface area (Å²) in [5.74, 6) is -0.0750. The van der Waals surface area contributed by atoms with E-state index in [4.69, 9.17) is 0 Å². The quantitative estimate of drug-likeness (QED) is 0.320. The zero-order valence-corrected chi connectivity index (χ0v) is 17.2. The molecular formula is C23H18F2N4OS. The number of halogens is 2. The van der Waals surface area contributed by atoms with Gasteiger partial charge in [-0.2, -0.15) is 4.98 Å². The first-order valence-electron chi connectivity index (χ1n) is 9.53. The highest BCUT2D eigenvalue weighted by atomic mass is 32.2. The molecule has 0 saturated heterocycles. The van der Waals surface area contributed by atoms with E-state index < -0.39 is 0 Å². The first-order valence-corrected chi connectivity index (χ1v) is 10.5. The Balaban J connectivity index is 1.64. The molecule has 2 aromatic heterocycles. The summed E-state index contributed by atoms with van der Waals surface area (Å²) in [6.45, 7) is 0.428. The Hall–Kier alpha value is -3.39. The molecule has 0 fully saturated rings. The monoisotopic (exact) mass is 436 g/mol. The van der Waals surface area contributed by atoms with E-state index in [0.717, 1.165) is 16.7 Å². The maximum atomic E-state index is 13.3. The van der Waals surface area contributed by atoms with Crippen LogP contribution >= 0.6 is 11.8 Å². The van der Waals surface area contributed by atoms with Gasteiger partial charge in [0.05, 0.1) is 0 Å². The molecule has 0 aliphatic heterocycles. The fraction of sp³-hybridized carbons (Fsp3) is 0.130. The Bertz CT molecular complexity index is 1210. The molecule has 0 amide bonds. The lowest BCUT2D eigenvalue weighted by Gasteiger charge is -2.14. The van der Waals surface area contributed by atoms with E-state index in [0.29, 0.717) is 29.4 Å². The average Bonchev–Trinajstić information content (AvgIpc) is 2.78. The minimum Gasteiger partial charge on any atom is -0.323 e. The average molecular weight is 436 g/mol. The number of benzene rings is 2. The van der Waals surface area contributed by atoms with Gasteiger partial charge in [0.15, 0.2) is 5.16 Å². The third-order valence-electron chi connectivity index (χ3n) is 4.59. The lowest BCUT2D eigenvalue weighted by molar-refractivity contribution is 0.622.